The predicted octanol–water partition coefficient (Wildman–Crippen LogP) is 1.17. The zero-order valence-electron chi connectivity index (χ0n) is 10.6. The number of alkyl halides is 3. The van der Waals surface area contributed by atoms with Crippen molar-refractivity contribution in [1.82, 2.24) is 0 Å². The Morgan fingerprint density at radius 3 is 2.29 bits per heavy atom. The van der Waals surface area contributed by atoms with Gasteiger partial charge in [0.15, 0.2) is 11.9 Å². The maximum Gasteiger partial charge on any atom is 0.430 e. The molecule has 0 unspecified atom stereocenters. The number of hydrogen-bond acceptors (Lipinski definition) is 4. The molecule has 0 spiro atoms. The summed E-state index contributed by atoms with van der Waals surface area (Å²) in [6, 6.07) is 6.80. The zero-order valence-corrected chi connectivity index (χ0v) is 10.6. The molecule has 0 fully saturated rings. The van der Waals surface area contributed by atoms with Crippen LogP contribution in [-0.2, 0) is 4.79 Å². The van der Waals surface area contributed by atoms with Gasteiger partial charge in [0.2, 0.25) is 0 Å². The van der Waals surface area contributed by atoms with Crippen LogP contribution in [0.5, 0.6) is 0 Å². The number of nitrogens with zero attached hydrogens (tertiary/aromatic N) is 1. The van der Waals surface area contributed by atoms with Crippen molar-refractivity contribution in [1.29, 1.82) is 0 Å². The standard InChI is InChI=1S/C10H8N2O2.C2HF3O2/c1-7-8-3-2-4-10(12(13)14)9(8)5-6-11-7;3-2(4,5)1(6)7/h2-6H,1H3;(H,6,7). The van der Waals surface area contributed by atoms with Gasteiger partial charge in [0.1, 0.15) is 5.97 Å². The SMILES string of the molecule is Cc1[nH+]ccc2c([N+](=O)[O-])cccc12.O=C([O-])C(F)(F)F. The van der Waals surface area contributed by atoms with Crippen LogP contribution >= 0.6 is 0 Å². The first-order chi connectivity index (χ1) is 9.64. The number of aryl methyl sites for hydroxylation is 1. The lowest BCUT2D eigenvalue weighted by atomic mass is 10.1. The number of nitro groups is 1. The Labute approximate surface area is 116 Å². The van der Waals surface area contributed by atoms with Crippen molar-refractivity contribution in [3.05, 3.63) is 46.3 Å². The van der Waals surface area contributed by atoms with Crippen LogP contribution in [0.4, 0.5) is 18.9 Å². The van der Waals surface area contributed by atoms with E-state index < -0.39 is 12.1 Å². The molecule has 1 aromatic carbocycles. The van der Waals surface area contributed by atoms with Gasteiger partial charge in [0, 0.05) is 19.1 Å². The van der Waals surface area contributed by atoms with E-state index in [-0.39, 0.29) is 10.6 Å². The number of aliphatic carboxylic acids is 1. The second-order valence-electron chi connectivity index (χ2n) is 3.88. The van der Waals surface area contributed by atoms with Gasteiger partial charge in [0.25, 0.3) is 5.69 Å². The largest absolute Gasteiger partial charge is 0.542 e. The van der Waals surface area contributed by atoms with Crippen molar-refractivity contribution < 1.29 is 33.0 Å². The highest BCUT2D eigenvalue weighted by atomic mass is 19.4. The third kappa shape index (κ3) is 4.13. The molecule has 0 radical (unpaired) electrons. The second-order valence-corrected chi connectivity index (χ2v) is 3.88. The van der Waals surface area contributed by atoms with Crippen molar-refractivity contribution in [2.24, 2.45) is 0 Å². The number of halogens is 3. The smallest absolute Gasteiger partial charge is 0.430 e. The number of carboxylic acid groups (broad SMARTS) is 1. The molecular formula is C12H9F3N2O4. The number of carbonyl (C=O) groups excluding carboxylic acids is 1. The lowest BCUT2D eigenvalue weighted by Gasteiger charge is -2.03. The van der Waals surface area contributed by atoms with Crippen LogP contribution in [0.3, 0.4) is 0 Å². The first kappa shape index (κ1) is 16.3. The fourth-order valence-corrected chi connectivity index (χ4v) is 1.54. The van der Waals surface area contributed by atoms with Gasteiger partial charge in [-0.15, -0.1) is 0 Å². The van der Waals surface area contributed by atoms with Gasteiger partial charge >= 0.3 is 6.18 Å². The number of carbonyl (C=O) groups is 1. The van der Waals surface area contributed by atoms with Gasteiger partial charge in [-0.3, -0.25) is 10.1 Å². The van der Waals surface area contributed by atoms with Crippen LogP contribution < -0.4 is 10.1 Å². The van der Waals surface area contributed by atoms with E-state index in [1.54, 1.807) is 18.3 Å². The first-order valence-electron chi connectivity index (χ1n) is 5.47. The highest BCUT2D eigenvalue weighted by Crippen LogP contribution is 2.24. The summed E-state index contributed by atoms with van der Waals surface area (Å²) in [5.74, 6) is -3.01. The molecule has 0 saturated heterocycles. The number of rotatable bonds is 1. The van der Waals surface area contributed by atoms with E-state index in [1.165, 1.54) is 6.07 Å². The molecule has 6 nitrogen and oxygen atoms in total. The number of aromatic nitrogens is 1. The Bertz CT molecular complexity index is 686. The molecule has 21 heavy (non-hydrogen) atoms. The summed E-state index contributed by atoms with van der Waals surface area (Å²) < 4.78 is 31.5. The minimum absolute atomic E-state index is 0.152. The number of H-pyrrole nitrogens is 1. The second kappa shape index (κ2) is 6.16. The molecule has 0 atom stereocenters. The van der Waals surface area contributed by atoms with Crippen LogP contribution in [0.1, 0.15) is 5.69 Å². The normalized spacial score (nSPS) is 10.7. The number of carboxylic acids is 1. The molecule has 2 aromatic rings. The summed E-state index contributed by atoms with van der Waals surface area (Å²) in [7, 11) is 0. The Morgan fingerprint density at radius 1 is 1.24 bits per heavy atom. The van der Waals surface area contributed by atoms with Crippen molar-refractivity contribution in [3.8, 4) is 0 Å². The molecule has 0 aliphatic heterocycles. The number of aromatic amines is 1. The summed E-state index contributed by atoms with van der Waals surface area (Å²) in [6.07, 6.45) is -3.48. The Balaban J connectivity index is 0.000000270. The summed E-state index contributed by atoms with van der Waals surface area (Å²) in [5, 5.41) is 21.1. The van der Waals surface area contributed by atoms with Gasteiger partial charge in [0.05, 0.1) is 15.7 Å². The summed E-state index contributed by atoms with van der Waals surface area (Å²) in [5.41, 5.74) is 1.09. The molecular weight excluding hydrogens is 293 g/mol. The molecule has 0 saturated carbocycles. The molecule has 0 bridgehead atoms. The third-order valence-electron chi connectivity index (χ3n) is 2.47. The average molecular weight is 302 g/mol. The van der Waals surface area contributed by atoms with E-state index in [0.717, 1.165) is 11.1 Å². The number of pyridine rings is 1. The molecule has 0 aliphatic rings. The summed E-state index contributed by atoms with van der Waals surface area (Å²) >= 11 is 0. The lowest BCUT2D eigenvalue weighted by molar-refractivity contribution is -0.387. The Hall–Kier alpha value is -2.71. The van der Waals surface area contributed by atoms with E-state index >= 15 is 0 Å². The molecule has 0 aliphatic carbocycles. The summed E-state index contributed by atoms with van der Waals surface area (Å²) in [6.45, 7) is 1.89. The fraction of sp³-hybridized carbons (Fsp3) is 0.167. The number of hydrogen-bond donors (Lipinski definition) is 0. The minimum Gasteiger partial charge on any atom is -0.542 e. The van der Waals surface area contributed by atoms with E-state index in [0.29, 0.717) is 5.39 Å². The monoisotopic (exact) mass is 302 g/mol. The van der Waals surface area contributed by atoms with Gasteiger partial charge in [-0.2, -0.15) is 13.2 Å². The molecule has 9 heteroatoms. The molecule has 0 amide bonds. The van der Waals surface area contributed by atoms with E-state index in [9.17, 15) is 23.3 Å². The minimum atomic E-state index is -5.19. The number of nitrogens with one attached hydrogen (secondary N) is 1. The van der Waals surface area contributed by atoms with Crippen molar-refractivity contribution in [3.63, 3.8) is 0 Å². The fourth-order valence-electron chi connectivity index (χ4n) is 1.54. The van der Waals surface area contributed by atoms with E-state index in [4.69, 9.17) is 9.90 Å². The molecule has 1 N–H and O–H groups in total. The molecule has 112 valence electrons. The highest BCUT2D eigenvalue weighted by molar-refractivity contribution is 5.91. The van der Waals surface area contributed by atoms with Crippen LogP contribution in [0.25, 0.3) is 10.8 Å². The summed E-state index contributed by atoms with van der Waals surface area (Å²) in [4.78, 5) is 22.2. The van der Waals surface area contributed by atoms with Gasteiger partial charge in [-0.05, 0) is 6.07 Å². The first-order valence-corrected chi connectivity index (χ1v) is 5.47. The maximum atomic E-state index is 10.7. The molecule has 1 aromatic heterocycles. The predicted molar refractivity (Wildman–Crippen MR) is 63.0 cm³/mol. The Morgan fingerprint density at radius 2 is 1.81 bits per heavy atom. The van der Waals surface area contributed by atoms with E-state index in [2.05, 4.69) is 4.98 Å². The number of non-ortho nitro benzene ring substituents is 1. The average Bonchev–Trinajstić information content (AvgIpc) is 2.38. The number of fused-ring (bicyclic) bond motifs is 1. The van der Waals surface area contributed by atoms with E-state index in [1.807, 2.05) is 13.0 Å². The Kier molecular flexibility index (Phi) is 4.79. The van der Waals surface area contributed by atoms with Crippen molar-refractivity contribution in [2.45, 2.75) is 13.1 Å². The van der Waals surface area contributed by atoms with Crippen LogP contribution in [-0.4, -0.2) is 17.1 Å². The van der Waals surface area contributed by atoms with Gasteiger partial charge in [-0.1, -0.05) is 6.07 Å². The topological polar surface area (TPSA) is 97.4 Å². The lowest BCUT2D eigenvalue weighted by Crippen LogP contribution is -2.37. The van der Waals surface area contributed by atoms with Gasteiger partial charge in [-0.25, -0.2) is 4.98 Å². The van der Waals surface area contributed by atoms with Crippen molar-refractivity contribution >= 4 is 22.4 Å². The maximum absolute atomic E-state index is 10.7. The highest BCUT2D eigenvalue weighted by Gasteiger charge is 2.28. The van der Waals surface area contributed by atoms with Crippen LogP contribution in [0.15, 0.2) is 30.5 Å². The molecule has 2 rings (SSSR count). The zero-order chi connectivity index (χ0) is 16.2. The third-order valence-corrected chi connectivity index (χ3v) is 2.47. The van der Waals surface area contributed by atoms with Crippen LogP contribution in [0, 0.1) is 17.0 Å². The quantitative estimate of drug-likeness (QED) is 0.583. The number of nitro benzene ring substituents is 1. The van der Waals surface area contributed by atoms with Crippen molar-refractivity contribution in [2.75, 3.05) is 0 Å². The van der Waals surface area contributed by atoms with Crippen LogP contribution in [0.2, 0.25) is 0 Å². The van der Waals surface area contributed by atoms with Gasteiger partial charge < -0.3 is 9.90 Å². The number of benzene rings is 1. The molecule has 1 heterocycles.